The van der Waals surface area contributed by atoms with Crippen molar-refractivity contribution < 1.29 is 19.4 Å². The van der Waals surface area contributed by atoms with Crippen LogP contribution in [0.4, 0.5) is 0 Å². The summed E-state index contributed by atoms with van der Waals surface area (Å²) in [5.74, 6) is -1.45. The Labute approximate surface area is 112 Å². The van der Waals surface area contributed by atoms with Crippen molar-refractivity contribution in [1.82, 2.24) is 0 Å². The molecule has 0 bridgehead atoms. The van der Waals surface area contributed by atoms with E-state index in [2.05, 4.69) is 0 Å². The lowest BCUT2D eigenvalue weighted by Crippen LogP contribution is -2.32. The number of ketones is 1. The highest BCUT2D eigenvalue weighted by Crippen LogP contribution is 2.34. The monoisotopic (exact) mass is 262 g/mol. The molecule has 1 aliphatic carbocycles. The first-order valence-electron chi connectivity index (χ1n) is 6.55. The molecule has 1 saturated carbocycles. The number of para-hydroxylation sites is 1. The Balaban J connectivity index is 2.29. The SMILES string of the molecule is COc1ccccc1C(=O)[C@H]1CCCC[C@H]1C(=O)O. The summed E-state index contributed by atoms with van der Waals surface area (Å²) in [6.07, 6.45) is 3.02. The highest BCUT2D eigenvalue weighted by atomic mass is 16.5. The molecule has 0 aromatic heterocycles. The van der Waals surface area contributed by atoms with E-state index >= 15 is 0 Å². The molecule has 0 amide bonds. The number of carbonyl (C=O) groups is 2. The van der Waals surface area contributed by atoms with Crippen molar-refractivity contribution in [3.63, 3.8) is 0 Å². The number of ether oxygens (including phenoxy) is 1. The molecule has 4 nitrogen and oxygen atoms in total. The number of rotatable bonds is 4. The van der Waals surface area contributed by atoms with Crippen molar-refractivity contribution in [2.45, 2.75) is 25.7 Å². The molecule has 2 rings (SSSR count). The normalized spacial score (nSPS) is 22.8. The number of carboxylic acids is 1. The first-order valence-corrected chi connectivity index (χ1v) is 6.55. The van der Waals surface area contributed by atoms with Gasteiger partial charge in [-0.05, 0) is 25.0 Å². The van der Waals surface area contributed by atoms with Crippen LogP contribution in [0.1, 0.15) is 36.0 Å². The number of methoxy groups -OCH3 is 1. The van der Waals surface area contributed by atoms with Crippen LogP contribution in [-0.2, 0) is 4.79 Å². The first kappa shape index (κ1) is 13.6. The maximum Gasteiger partial charge on any atom is 0.307 e. The summed E-state index contributed by atoms with van der Waals surface area (Å²) in [6.45, 7) is 0. The molecule has 2 atom stereocenters. The average molecular weight is 262 g/mol. The number of Topliss-reactive ketones (excluding diaryl/α,β-unsaturated/α-hetero) is 1. The van der Waals surface area contributed by atoms with Gasteiger partial charge in [-0.1, -0.05) is 25.0 Å². The van der Waals surface area contributed by atoms with Crippen LogP contribution in [0.15, 0.2) is 24.3 Å². The predicted octanol–water partition coefficient (Wildman–Crippen LogP) is 2.77. The molecule has 1 aromatic carbocycles. The van der Waals surface area contributed by atoms with Crippen molar-refractivity contribution in [2.75, 3.05) is 7.11 Å². The third-order valence-corrected chi connectivity index (χ3v) is 3.79. The number of hydrogen-bond acceptors (Lipinski definition) is 3. The number of benzene rings is 1. The Morgan fingerprint density at radius 2 is 1.79 bits per heavy atom. The Bertz CT molecular complexity index is 481. The van der Waals surface area contributed by atoms with Gasteiger partial charge in [0, 0.05) is 5.92 Å². The standard InChI is InChI=1S/C15H18O4/c1-19-13-9-5-4-8-12(13)14(16)10-6-2-3-7-11(10)15(17)18/h4-5,8-11H,2-3,6-7H2,1H3,(H,17,18)/t10-,11+/m0/s1. The molecule has 0 aliphatic heterocycles. The van der Waals surface area contributed by atoms with Crippen molar-refractivity contribution in [3.05, 3.63) is 29.8 Å². The number of aliphatic carboxylic acids is 1. The topological polar surface area (TPSA) is 63.6 Å². The molecule has 1 aromatic rings. The summed E-state index contributed by atoms with van der Waals surface area (Å²) in [4.78, 5) is 23.8. The van der Waals surface area contributed by atoms with E-state index in [4.69, 9.17) is 4.74 Å². The third-order valence-electron chi connectivity index (χ3n) is 3.79. The van der Waals surface area contributed by atoms with Crippen LogP contribution in [0.2, 0.25) is 0 Å². The average Bonchev–Trinajstić information content (AvgIpc) is 2.46. The molecular formula is C15H18O4. The van der Waals surface area contributed by atoms with E-state index in [1.54, 1.807) is 24.3 Å². The highest BCUT2D eigenvalue weighted by Gasteiger charge is 2.36. The summed E-state index contributed by atoms with van der Waals surface area (Å²) in [5.41, 5.74) is 0.489. The minimum atomic E-state index is -0.868. The van der Waals surface area contributed by atoms with Gasteiger partial charge in [-0.15, -0.1) is 0 Å². The van der Waals surface area contributed by atoms with Crippen LogP contribution < -0.4 is 4.74 Å². The molecule has 102 valence electrons. The fourth-order valence-corrected chi connectivity index (χ4v) is 2.79. The lowest BCUT2D eigenvalue weighted by atomic mass is 9.75. The van der Waals surface area contributed by atoms with Crippen molar-refractivity contribution in [1.29, 1.82) is 0 Å². The largest absolute Gasteiger partial charge is 0.496 e. The Morgan fingerprint density at radius 3 is 2.42 bits per heavy atom. The van der Waals surface area contributed by atoms with Crippen LogP contribution in [0.3, 0.4) is 0 Å². The van der Waals surface area contributed by atoms with E-state index in [-0.39, 0.29) is 5.78 Å². The summed E-state index contributed by atoms with van der Waals surface area (Å²) < 4.78 is 5.18. The van der Waals surface area contributed by atoms with Gasteiger partial charge >= 0.3 is 5.97 Å². The Hall–Kier alpha value is -1.84. The molecule has 0 spiro atoms. The van der Waals surface area contributed by atoms with Gasteiger partial charge in [0.1, 0.15) is 5.75 Å². The van der Waals surface area contributed by atoms with Crippen LogP contribution in [0, 0.1) is 11.8 Å². The van der Waals surface area contributed by atoms with Crippen LogP contribution in [-0.4, -0.2) is 24.0 Å². The fraction of sp³-hybridized carbons (Fsp3) is 0.467. The van der Waals surface area contributed by atoms with Crippen molar-refractivity contribution in [2.24, 2.45) is 11.8 Å². The second-order valence-corrected chi connectivity index (χ2v) is 4.90. The zero-order valence-electron chi connectivity index (χ0n) is 11.0. The molecule has 19 heavy (non-hydrogen) atoms. The van der Waals surface area contributed by atoms with Crippen molar-refractivity contribution >= 4 is 11.8 Å². The number of carboxylic acid groups (broad SMARTS) is 1. The summed E-state index contributed by atoms with van der Waals surface area (Å²) in [7, 11) is 1.52. The van der Waals surface area contributed by atoms with Crippen LogP contribution >= 0.6 is 0 Å². The van der Waals surface area contributed by atoms with Gasteiger partial charge < -0.3 is 9.84 Å². The minimum absolute atomic E-state index is 0.107. The molecule has 4 heteroatoms. The van der Waals surface area contributed by atoms with Crippen LogP contribution in [0.5, 0.6) is 5.75 Å². The van der Waals surface area contributed by atoms with E-state index in [0.29, 0.717) is 24.2 Å². The first-order chi connectivity index (χ1) is 9.15. The third kappa shape index (κ3) is 2.78. The predicted molar refractivity (Wildman–Crippen MR) is 70.4 cm³/mol. The van der Waals surface area contributed by atoms with Gasteiger partial charge in [-0.3, -0.25) is 9.59 Å². The summed E-state index contributed by atoms with van der Waals surface area (Å²) >= 11 is 0. The van der Waals surface area contributed by atoms with Gasteiger partial charge in [-0.25, -0.2) is 0 Å². The molecule has 0 unspecified atom stereocenters. The van der Waals surface area contributed by atoms with Gasteiger partial charge in [0.25, 0.3) is 0 Å². The van der Waals surface area contributed by atoms with E-state index in [1.165, 1.54) is 7.11 Å². The number of carbonyl (C=O) groups excluding carboxylic acids is 1. The van der Waals surface area contributed by atoms with Gasteiger partial charge in [0.15, 0.2) is 5.78 Å². The second-order valence-electron chi connectivity index (χ2n) is 4.90. The minimum Gasteiger partial charge on any atom is -0.496 e. The highest BCUT2D eigenvalue weighted by molar-refractivity contribution is 6.02. The summed E-state index contributed by atoms with van der Waals surface area (Å²) in [5, 5.41) is 9.25. The second kappa shape index (κ2) is 5.87. The smallest absolute Gasteiger partial charge is 0.307 e. The number of hydrogen-bond donors (Lipinski definition) is 1. The lowest BCUT2D eigenvalue weighted by molar-refractivity contribution is -0.144. The zero-order chi connectivity index (χ0) is 13.8. The maximum atomic E-state index is 12.6. The van der Waals surface area contributed by atoms with E-state index in [9.17, 15) is 14.7 Å². The van der Waals surface area contributed by atoms with E-state index in [0.717, 1.165) is 12.8 Å². The zero-order valence-corrected chi connectivity index (χ0v) is 11.0. The van der Waals surface area contributed by atoms with Gasteiger partial charge in [-0.2, -0.15) is 0 Å². The summed E-state index contributed by atoms with van der Waals surface area (Å²) in [6, 6.07) is 7.00. The molecule has 1 aliphatic rings. The Kier molecular flexibility index (Phi) is 4.20. The molecule has 1 fully saturated rings. The van der Waals surface area contributed by atoms with Crippen LogP contribution in [0.25, 0.3) is 0 Å². The van der Waals surface area contributed by atoms with Gasteiger partial charge in [0.2, 0.25) is 0 Å². The molecular weight excluding hydrogens is 244 g/mol. The lowest BCUT2D eigenvalue weighted by Gasteiger charge is -2.27. The van der Waals surface area contributed by atoms with E-state index < -0.39 is 17.8 Å². The maximum absolute atomic E-state index is 12.6. The molecule has 0 radical (unpaired) electrons. The quantitative estimate of drug-likeness (QED) is 0.847. The molecule has 1 N–H and O–H groups in total. The van der Waals surface area contributed by atoms with Crippen molar-refractivity contribution in [3.8, 4) is 5.75 Å². The van der Waals surface area contributed by atoms with Gasteiger partial charge in [0.05, 0.1) is 18.6 Å². The fourth-order valence-electron chi connectivity index (χ4n) is 2.79. The Morgan fingerprint density at radius 1 is 1.16 bits per heavy atom. The molecule has 0 heterocycles. The van der Waals surface area contributed by atoms with E-state index in [1.807, 2.05) is 0 Å². The molecule has 0 saturated heterocycles.